The highest BCUT2D eigenvalue weighted by Gasteiger charge is 2.40. The van der Waals surface area contributed by atoms with Gasteiger partial charge in [-0.05, 0) is 56.2 Å². The second-order valence-corrected chi connectivity index (χ2v) is 8.98. The average Bonchev–Trinajstić information content (AvgIpc) is 3.08. The van der Waals surface area contributed by atoms with E-state index in [4.69, 9.17) is 5.73 Å². The first kappa shape index (κ1) is 18.0. The topological polar surface area (TPSA) is 70.1 Å². The van der Waals surface area contributed by atoms with Crippen LogP contribution < -0.4 is 10.6 Å². The molecule has 2 N–H and O–H groups in total. The van der Waals surface area contributed by atoms with Gasteiger partial charge in [0.1, 0.15) is 5.82 Å². The predicted octanol–water partition coefficient (Wildman–Crippen LogP) is 5.12. The summed E-state index contributed by atoms with van der Waals surface area (Å²) in [6.45, 7) is 2.03. The van der Waals surface area contributed by atoms with Crippen molar-refractivity contribution >= 4 is 38.7 Å². The summed E-state index contributed by atoms with van der Waals surface area (Å²) in [6, 6.07) is 14.1. The van der Waals surface area contributed by atoms with Gasteiger partial charge in [-0.15, -0.1) is 11.3 Å². The third kappa shape index (κ3) is 3.01. The zero-order valence-corrected chi connectivity index (χ0v) is 17.2. The molecular weight excluding hydrogens is 422 g/mol. The number of allylic oxidation sites excluding steroid dienone is 3. The Hall–Kier alpha value is -2.36. The van der Waals surface area contributed by atoms with E-state index in [0.717, 1.165) is 44.0 Å². The number of Topliss-reactive ketones (excluding diaryl/α,β-unsaturated/α-hetero) is 1. The fourth-order valence-corrected chi connectivity index (χ4v) is 5.13. The first-order valence-corrected chi connectivity index (χ1v) is 10.4. The van der Waals surface area contributed by atoms with E-state index in [1.165, 1.54) is 0 Å². The summed E-state index contributed by atoms with van der Waals surface area (Å²) in [5.41, 5.74) is 9.51. The molecule has 2 aromatic rings. The molecule has 0 bridgehead atoms. The number of anilines is 1. The number of benzene rings is 1. The number of aryl methyl sites for hydroxylation is 1. The van der Waals surface area contributed by atoms with E-state index >= 15 is 0 Å². The second kappa shape index (κ2) is 6.99. The van der Waals surface area contributed by atoms with Crippen molar-refractivity contribution in [3.05, 3.63) is 73.3 Å². The lowest BCUT2D eigenvalue weighted by Gasteiger charge is -2.39. The van der Waals surface area contributed by atoms with Gasteiger partial charge in [-0.1, -0.05) is 15.9 Å². The minimum atomic E-state index is -0.358. The highest BCUT2D eigenvalue weighted by molar-refractivity contribution is 9.10. The van der Waals surface area contributed by atoms with Crippen LogP contribution in [0.2, 0.25) is 0 Å². The maximum Gasteiger partial charge on any atom is 0.161 e. The number of nitrogens with two attached hydrogens (primary N) is 1. The van der Waals surface area contributed by atoms with Gasteiger partial charge in [0.15, 0.2) is 5.78 Å². The van der Waals surface area contributed by atoms with Gasteiger partial charge >= 0.3 is 0 Å². The maximum absolute atomic E-state index is 13.0. The molecule has 0 radical (unpaired) electrons. The summed E-state index contributed by atoms with van der Waals surface area (Å²) >= 11 is 5.07. The van der Waals surface area contributed by atoms with Gasteiger partial charge < -0.3 is 5.73 Å². The van der Waals surface area contributed by atoms with Crippen LogP contribution in [-0.4, -0.2) is 5.78 Å². The summed E-state index contributed by atoms with van der Waals surface area (Å²) in [6.07, 6.45) is 2.10. The number of hydrogen-bond acceptors (Lipinski definition) is 5. The summed E-state index contributed by atoms with van der Waals surface area (Å²) in [4.78, 5) is 17.0. The minimum Gasteiger partial charge on any atom is -0.384 e. The van der Waals surface area contributed by atoms with Gasteiger partial charge in [-0.2, -0.15) is 5.26 Å². The molecule has 6 heteroatoms. The quantitative estimate of drug-likeness (QED) is 0.704. The molecule has 1 aliphatic carbocycles. The normalized spacial score (nSPS) is 20.0. The van der Waals surface area contributed by atoms with E-state index in [0.29, 0.717) is 17.8 Å². The molecule has 0 spiro atoms. The Morgan fingerprint density at radius 3 is 2.59 bits per heavy atom. The molecule has 2 heterocycles. The molecular formula is C21H18BrN3OS. The Labute approximate surface area is 170 Å². The maximum atomic E-state index is 13.0. The lowest BCUT2D eigenvalue weighted by Crippen LogP contribution is -2.38. The Kier molecular flexibility index (Phi) is 4.67. The standard InChI is InChI=1S/C21H18BrN3OS/c1-12-5-10-18(27-12)19-15(11-23)21(24)25(14-8-6-13(22)7-9-14)16-3-2-4-17(26)20(16)19/h5-10,19H,2-4,24H2,1H3. The van der Waals surface area contributed by atoms with Gasteiger partial charge in [-0.25, -0.2) is 0 Å². The molecule has 0 saturated heterocycles. The number of ketones is 1. The van der Waals surface area contributed by atoms with Crippen LogP contribution >= 0.6 is 27.3 Å². The SMILES string of the molecule is Cc1ccc(C2C(C#N)=C(N)N(c3ccc(Br)cc3)C3=C2C(=O)CCC3)s1. The Morgan fingerprint density at radius 1 is 1.22 bits per heavy atom. The molecule has 2 aliphatic rings. The van der Waals surface area contributed by atoms with Crippen LogP contribution in [0.4, 0.5) is 5.69 Å². The number of nitriles is 1. The average molecular weight is 440 g/mol. The van der Waals surface area contributed by atoms with Crippen LogP contribution in [-0.2, 0) is 4.79 Å². The Bertz CT molecular complexity index is 1030. The highest BCUT2D eigenvalue weighted by Crippen LogP contribution is 2.47. The van der Waals surface area contributed by atoms with Crippen LogP contribution in [0.3, 0.4) is 0 Å². The molecule has 4 nitrogen and oxygen atoms in total. The van der Waals surface area contributed by atoms with Crippen LogP contribution in [0.15, 0.2) is 63.5 Å². The molecule has 1 atom stereocenters. The molecule has 1 aromatic carbocycles. The molecule has 1 unspecified atom stereocenters. The zero-order chi connectivity index (χ0) is 19.1. The van der Waals surface area contributed by atoms with Crippen molar-refractivity contribution < 1.29 is 4.79 Å². The molecule has 1 aliphatic heterocycles. The molecule has 0 fully saturated rings. The fourth-order valence-electron chi connectivity index (χ4n) is 3.86. The number of nitrogens with zero attached hydrogens (tertiary/aromatic N) is 2. The van der Waals surface area contributed by atoms with Crippen LogP contribution in [0.25, 0.3) is 0 Å². The molecule has 0 saturated carbocycles. The number of thiophene rings is 1. The highest BCUT2D eigenvalue weighted by atomic mass is 79.9. The molecule has 0 amide bonds. The van der Waals surface area contributed by atoms with Crippen molar-refractivity contribution in [3.63, 3.8) is 0 Å². The van der Waals surface area contributed by atoms with Crippen molar-refractivity contribution in [3.8, 4) is 6.07 Å². The molecule has 4 rings (SSSR count). The van der Waals surface area contributed by atoms with Crippen molar-refractivity contribution in [1.82, 2.24) is 0 Å². The van der Waals surface area contributed by atoms with Crippen LogP contribution in [0.5, 0.6) is 0 Å². The van der Waals surface area contributed by atoms with Crippen molar-refractivity contribution in [1.29, 1.82) is 5.26 Å². The number of carbonyl (C=O) groups excluding carboxylic acids is 1. The van der Waals surface area contributed by atoms with Gasteiger partial charge in [0, 0.05) is 37.6 Å². The summed E-state index contributed by atoms with van der Waals surface area (Å²) in [5.74, 6) is 0.183. The third-order valence-corrected chi connectivity index (χ3v) is 6.64. The molecule has 1 aromatic heterocycles. The van der Waals surface area contributed by atoms with Crippen LogP contribution in [0.1, 0.15) is 34.9 Å². The van der Waals surface area contributed by atoms with Crippen LogP contribution in [0, 0.1) is 18.3 Å². The van der Waals surface area contributed by atoms with E-state index in [1.807, 2.05) is 48.2 Å². The lowest BCUT2D eigenvalue weighted by atomic mass is 9.78. The Morgan fingerprint density at radius 2 is 1.96 bits per heavy atom. The smallest absolute Gasteiger partial charge is 0.161 e. The largest absolute Gasteiger partial charge is 0.384 e. The first-order chi connectivity index (χ1) is 13.0. The first-order valence-electron chi connectivity index (χ1n) is 8.79. The zero-order valence-electron chi connectivity index (χ0n) is 14.8. The second-order valence-electron chi connectivity index (χ2n) is 6.74. The summed E-state index contributed by atoms with van der Waals surface area (Å²) < 4.78 is 0.965. The minimum absolute atomic E-state index is 0.120. The van der Waals surface area contributed by atoms with E-state index < -0.39 is 0 Å². The van der Waals surface area contributed by atoms with E-state index in [1.54, 1.807) is 11.3 Å². The fraction of sp³-hybridized carbons (Fsp3) is 0.238. The van der Waals surface area contributed by atoms with Crippen molar-refractivity contribution in [2.75, 3.05) is 4.90 Å². The van der Waals surface area contributed by atoms with Gasteiger partial charge in [0.25, 0.3) is 0 Å². The number of carbonyl (C=O) groups is 1. The predicted molar refractivity (Wildman–Crippen MR) is 111 cm³/mol. The van der Waals surface area contributed by atoms with Gasteiger partial charge in [0.05, 0.1) is 17.6 Å². The number of rotatable bonds is 2. The van der Waals surface area contributed by atoms with E-state index in [9.17, 15) is 10.1 Å². The van der Waals surface area contributed by atoms with Gasteiger partial charge in [0.2, 0.25) is 0 Å². The Balaban J connectivity index is 1.96. The van der Waals surface area contributed by atoms with Gasteiger partial charge in [-0.3, -0.25) is 9.69 Å². The van der Waals surface area contributed by atoms with E-state index in [-0.39, 0.29) is 11.7 Å². The lowest BCUT2D eigenvalue weighted by molar-refractivity contribution is -0.116. The summed E-state index contributed by atoms with van der Waals surface area (Å²) in [7, 11) is 0. The number of hydrogen-bond donors (Lipinski definition) is 1. The monoisotopic (exact) mass is 439 g/mol. The van der Waals surface area contributed by atoms with Crippen molar-refractivity contribution in [2.24, 2.45) is 5.73 Å². The molecule has 136 valence electrons. The molecule has 27 heavy (non-hydrogen) atoms. The number of halogens is 1. The van der Waals surface area contributed by atoms with E-state index in [2.05, 4.69) is 22.0 Å². The van der Waals surface area contributed by atoms with Crippen molar-refractivity contribution in [2.45, 2.75) is 32.1 Å². The summed E-state index contributed by atoms with van der Waals surface area (Å²) in [5, 5.41) is 9.93. The third-order valence-electron chi connectivity index (χ3n) is 5.04.